The van der Waals surface area contributed by atoms with Crippen molar-refractivity contribution in [2.75, 3.05) is 9.44 Å². The van der Waals surface area contributed by atoms with Crippen LogP contribution in [0.15, 0.2) is 82.6 Å². The maximum absolute atomic E-state index is 13.1. The van der Waals surface area contributed by atoms with Crippen molar-refractivity contribution in [3.63, 3.8) is 0 Å². The van der Waals surface area contributed by atoms with E-state index in [4.69, 9.17) is 5.26 Å². The van der Waals surface area contributed by atoms with Crippen LogP contribution in [0.5, 0.6) is 0 Å². The minimum Gasteiger partial charge on any atom is -0.277 e. The summed E-state index contributed by atoms with van der Waals surface area (Å²) in [5, 5.41) is 8.95. The molecule has 0 fully saturated rings. The van der Waals surface area contributed by atoms with E-state index in [1.165, 1.54) is 48.5 Å². The van der Waals surface area contributed by atoms with E-state index in [0.717, 1.165) is 24.3 Å². The van der Waals surface area contributed by atoms with Gasteiger partial charge < -0.3 is 0 Å². The molecule has 7 nitrogen and oxygen atoms in total. The van der Waals surface area contributed by atoms with E-state index in [2.05, 4.69) is 9.44 Å². The van der Waals surface area contributed by atoms with Gasteiger partial charge in [-0.2, -0.15) is 5.26 Å². The lowest BCUT2D eigenvalue weighted by molar-refractivity contribution is 0.598. The highest BCUT2D eigenvalue weighted by molar-refractivity contribution is 7.93. The first-order chi connectivity index (χ1) is 13.7. The summed E-state index contributed by atoms with van der Waals surface area (Å²) in [4.78, 5) is -0.328. The zero-order chi connectivity index (χ0) is 21.1. The molecule has 0 bridgehead atoms. The van der Waals surface area contributed by atoms with E-state index in [9.17, 15) is 21.2 Å². The van der Waals surface area contributed by atoms with Crippen LogP contribution in [0.2, 0.25) is 0 Å². The Kier molecular flexibility index (Phi) is 5.54. The van der Waals surface area contributed by atoms with Crippen molar-refractivity contribution in [2.24, 2.45) is 0 Å². The first kappa shape index (κ1) is 20.3. The van der Waals surface area contributed by atoms with Gasteiger partial charge in [-0.25, -0.2) is 21.2 Å². The van der Waals surface area contributed by atoms with E-state index in [-0.39, 0.29) is 26.7 Å². The van der Waals surface area contributed by atoms with Crippen molar-refractivity contribution in [1.82, 2.24) is 0 Å². The monoisotopic (exact) mass is 431 g/mol. The maximum atomic E-state index is 13.1. The molecule has 29 heavy (non-hydrogen) atoms. The van der Waals surface area contributed by atoms with Crippen LogP contribution < -0.4 is 9.44 Å². The number of hydrogen-bond acceptors (Lipinski definition) is 5. The van der Waals surface area contributed by atoms with Gasteiger partial charge in [-0.1, -0.05) is 18.2 Å². The van der Waals surface area contributed by atoms with Crippen molar-refractivity contribution in [2.45, 2.75) is 9.79 Å². The third-order valence-electron chi connectivity index (χ3n) is 3.81. The highest BCUT2D eigenvalue weighted by Gasteiger charge is 2.20. The van der Waals surface area contributed by atoms with Crippen LogP contribution in [0.3, 0.4) is 0 Å². The fourth-order valence-electron chi connectivity index (χ4n) is 2.42. The van der Waals surface area contributed by atoms with Crippen LogP contribution in [0.4, 0.5) is 15.8 Å². The molecule has 10 heteroatoms. The second kappa shape index (κ2) is 7.90. The van der Waals surface area contributed by atoms with E-state index in [0.29, 0.717) is 0 Å². The zero-order valence-corrected chi connectivity index (χ0v) is 16.3. The lowest BCUT2D eigenvalue weighted by atomic mass is 10.2. The Morgan fingerprint density at radius 2 is 1.28 bits per heavy atom. The maximum Gasteiger partial charge on any atom is 0.262 e. The minimum atomic E-state index is -4.08. The smallest absolute Gasteiger partial charge is 0.262 e. The average Bonchev–Trinajstić information content (AvgIpc) is 2.69. The summed E-state index contributed by atoms with van der Waals surface area (Å²) in [7, 11) is -8.16. The summed E-state index contributed by atoms with van der Waals surface area (Å²) in [6.45, 7) is 0. The predicted molar refractivity (Wildman–Crippen MR) is 106 cm³/mol. The van der Waals surface area contributed by atoms with Crippen molar-refractivity contribution in [1.29, 1.82) is 5.26 Å². The standard InChI is InChI=1S/C19H14FN3O4S2/c20-15-8-10-16(11-9-15)28(24,25)22-18-6-1-2-7-19(18)23-29(26,27)17-5-3-4-14(12-17)13-21/h1-12,22-23H. The fourth-order valence-corrected chi connectivity index (χ4v) is 4.62. The van der Waals surface area contributed by atoms with Gasteiger partial charge in [0.05, 0.1) is 32.8 Å². The minimum absolute atomic E-state index is 0.0134. The first-order valence-electron chi connectivity index (χ1n) is 8.12. The quantitative estimate of drug-likeness (QED) is 0.621. The zero-order valence-electron chi connectivity index (χ0n) is 14.7. The topological polar surface area (TPSA) is 116 Å². The molecule has 3 aromatic rings. The summed E-state index contributed by atoms with van der Waals surface area (Å²) >= 11 is 0. The van der Waals surface area contributed by atoms with Crippen LogP contribution in [-0.2, 0) is 20.0 Å². The molecular formula is C19H14FN3O4S2. The van der Waals surface area contributed by atoms with E-state index < -0.39 is 25.9 Å². The molecule has 0 spiro atoms. The second-order valence-electron chi connectivity index (χ2n) is 5.85. The van der Waals surface area contributed by atoms with Crippen LogP contribution in [0.25, 0.3) is 0 Å². The molecule has 0 aliphatic heterocycles. The number of nitriles is 1. The number of anilines is 2. The summed E-state index contributed by atoms with van der Waals surface area (Å²) < 4.78 is 68.0. The van der Waals surface area contributed by atoms with Gasteiger partial charge in [-0.3, -0.25) is 9.44 Å². The molecule has 0 unspecified atom stereocenters. The number of halogens is 1. The van der Waals surface area contributed by atoms with Crippen LogP contribution >= 0.6 is 0 Å². The number of nitrogens with one attached hydrogen (secondary N) is 2. The normalized spacial score (nSPS) is 11.4. The van der Waals surface area contributed by atoms with Gasteiger partial charge >= 0.3 is 0 Å². The Bertz CT molecular complexity index is 1300. The summed E-state index contributed by atoms with van der Waals surface area (Å²) in [5.74, 6) is -0.586. The number of sulfonamides is 2. The molecular weight excluding hydrogens is 417 g/mol. The highest BCUT2D eigenvalue weighted by Crippen LogP contribution is 2.27. The molecule has 0 aliphatic rings. The Hall–Kier alpha value is -3.42. The van der Waals surface area contributed by atoms with E-state index in [1.54, 1.807) is 0 Å². The molecule has 0 radical (unpaired) electrons. The van der Waals surface area contributed by atoms with Gasteiger partial charge in [0.25, 0.3) is 20.0 Å². The Labute approximate surface area is 167 Å². The SMILES string of the molecule is N#Cc1cccc(S(=O)(=O)Nc2ccccc2NS(=O)(=O)c2ccc(F)cc2)c1. The molecule has 0 saturated heterocycles. The molecule has 0 aliphatic carbocycles. The van der Waals surface area contributed by atoms with Crippen molar-refractivity contribution < 1.29 is 21.2 Å². The highest BCUT2D eigenvalue weighted by atomic mass is 32.2. The molecule has 0 saturated carbocycles. The van der Waals surface area contributed by atoms with Gasteiger partial charge in [-0.15, -0.1) is 0 Å². The molecule has 2 N–H and O–H groups in total. The summed E-state index contributed by atoms with van der Waals surface area (Å²) in [6, 6.07) is 17.3. The summed E-state index contributed by atoms with van der Waals surface area (Å²) in [6.07, 6.45) is 0. The predicted octanol–water partition coefficient (Wildman–Crippen LogP) is 3.30. The molecule has 0 amide bonds. The Morgan fingerprint density at radius 1 is 0.724 bits per heavy atom. The summed E-state index contributed by atoms with van der Waals surface area (Å²) in [5.41, 5.74) is 0.135. The van der Waals surface area contributed by atoms with Crippen LogP contribution in [-0.4, -0.2) is 16.8 Å². The molecule has 3 aromatic carbocycles. The fraction of sp³-hybridized carbons (Fsp3) is 0. The number of rotatable bonds is 6. The third kappa shape index (κ3) is 4.71. The van der Waals surface area contributed by atoms with Gasteiger partial charge in [0.1, 0.15) is 5.82 Å². The molecule has 0 heterocycles. The van der Waals surface area contributed by atoms with Gasteiger partial charge in [0.2, 0.25) is 0 Å². The Balaban J connectivity index is 1.93. The number of nitrogens with zero attached hydrogens (tertiary/aromatic N) is 1. The third-order valence-corrected chi connectivity index (χ3v) is 6.56. The van der Waals surface area contributed by atoms with Gasteiger partial charge in [-0.05, 0) is 54.6 Å². The first-order valence-corrected chi connectivity index (χ1v) is 11.1. The van der Waals surface area contributed by atoms with Crippen molar-refractivity contribution in [3.05, 3.63) is 84.2 Å². The van der Waals surface area contributed by atoms with E-state index >= 15 is 0 Å². The second-order valence-corrected chi connectivity index (χ2v) is 9.21. The van der Waals surface area contributed by atoms with Gasteiger partial charge in [0.15, 0.2) is 0 Å². The largest absolute Gasteiger partial charge is 0.277 e. The molecule has 3 rings (SSSR count). The number of para-hydroxylation sites is 2. The average molecular weight is 431 g/mol. The van der Waals surface area contributed by atoms with E-state index in [1.807, 2.05) is 6.07 Å². The number of hydrogen-bond donors (Lipinski definition) is 2. The number of benzene rings is 3. The van der Waals surface area contributed by atoms with Crippen LogP contribution in [0.1, 0.15) is 5.56 Å². The molecule has 0 aromatic heterocycles. The Morgan fingerprint density at radius 3 is 1.83 bits per heavy atom. The van der Waals surface area contributed by atoms with Gasteiger partial charge in [0, 0.05) is 0 Å². The lowest BCUT2D eigenvalue weighted by Crippen LogP contribution is -2.17. The van der Waals surface area contributed by atoms with Crippen molar-refractivity contribution >= 4 is 31.4 Å². The lowest BCUT2D eigenvalue weighted by Gasteiger charge is -2.14. The van der Waals surface area contributed by atoms with Crippen molar-refractivity contribution in [3.8, 4) is 6.07 Å². The van der Waals surface area contributed by atoms with Crippen LogP contribution in [0, 0.1) is 17.1 Å². The molecule has 0 atom stereocenters. The molecule has 148 valence electrons.